The summed E-state index contributed by atoms with van der Waals surface area (Å²) < 4.78 is 27.4. The summed E-state index contributed by atoms with van der Waals surface area (Å²) in [6.07, 6.45) is 0.563. The summed E-state index contributed by atoms with van der Waals surface area (Å²) in [4.78, 5) is 4.61. The molecule has 0 saturated heterocycles. The number of rotatable bonds is 4. The van der Waals surface area contributed by atoms with Gasteiger partial charge in [-0.3, -0.25) is 0 Å². The van der Waals surface area contributed by atoms with Crippen molar-refractivity contribution in [3.63, 3.8) is 0 Å². The molecule has 108 valence electrons. The van der Waals surface area contributed by atoms with Crippen LogP contribution < -0.4 is 5.32 Å². The van der Waals surface area contributed by atoms with E-state index in [2.05, 4.69) is 10.3 Å². The molecule has 0 aliphatic carbocycles. The number of likely N-dealkylation sites (N-methyl/N-ethyl adjacent to an activating group) is 1. The lowest BCUT2D eigenvalue weighted by molar-refractivity contribution is 0.504. The van der Waals surface area contributed by atoms with E-state index in [9.17, 15) is 8.78 Å². The Balaban J connectivity index is 1.88. The molecule has 0 fully saturated rings. The molecule has 0 bridgehead atoms. The molecular weight excluding hydrogens is 290 g/mol. The Morgan fingerprint density at radius 3 is 2.67 bits per heavy atom. The Labute approximate surface area is 125 Å². The molecule has 0 amide bonds. The first-order valence-corrected chi connectivity index (χ1v) is 7.45. The first-order valence-electron chi connectivity index (χ1n) is 6.64. The van der Waals surface area contributed by atoms with Gasteiger partial charge in [0.05, 0.1) is 16.3 Å². The van der Waals surface area contributed by atoms with Crippen molar-refractivity contribution in [2.24, 2.45) is 0 Å². The third-order valence-electron chi connectivity index (χ3n) is 3.38. The summed E-state index contributed by atoms with van der Waals surface area (Å²) in [5, 5.41) is 4.14. The first-order chi connectivity index (χ1) is 10.2. The van der Waals surface area contributed by atoms with Gasteiger partial charge in [0.25, 0.3) is 0 Å². The van der Waals surface area contributed by atoms with E-state index in [1.54, 1.807) is 17.4 Å². The number of thiazole rings is 1. The van der Waals surface area contributed by atoms with Crippen LogP contribution in [0.2, 0.25) is 0 Å². The van der Waals surface area contributed by atoms with Gasteiger partial charge in [0, 0.05) is 0 Å². The van der Waals surface area contributed by atoms with Crippen LogP contribution in [0.25, 0.3) is 10.2 Å². The predicted octanol–water partition coefficient (Wildman–Crippen LogP) is 4.08. The summed E-state index contributed by atoms with van der Waals surface area (Å²) in [6, 6.07) is 11.9. The van der Waals surface area contributed by atoms with E-state index < -0.39 is 11.6 Å². The molecule has 1 aromatic heterocycles. The van der Waals surface area contributed by atoms with E-state index >= 15 is 0 Å². The van der Waals surface area contributed by atoms with E-state index in [1.807, 2.05) is 31.3 Å². The second-order valence-electron chi connectivity index (χ2n) is 4.81. The van der Waals surface area contributed by atoms with Gasteiger partial charge < -0.3 is 5.32 Å². The number of aromatic nitrogens is 1. The maximum absolute atomic E-state index is 13.3. The lowest BCUT2D eigenvalue weighted by atomic mass is 10.1. The third-order valence-corrected chi connectivity index (χ3v) is 4.53. The Kier molecular flexibility index (Phi) is 3.94. The molecule has 5 heteroatoms. The third kappa shape index (κ3) is 2.94. The van der Waals surface area contributed by atoms with Crippen molar-refractivity contribution in [2.75, 3.05) is 7.05 Å². The van der Waals surface area contributed by atoms with Crippen LogP contribution in [0.4, 0.5) is 8.78 Å². The molecule has 2 aromatic carbocycles. The molecule has 21 heavy (non-hydrogen) atoms. The molecule has 1 unspecified atom stereocenters. The first kappa shape index (κ1) is 14.1. The minimum Gasteiger partial charge on any atom is -0.311 e. The number of nitrogens with zero attached hydrogens (tertiary/aromatic N) is 1. The van der Waals surface area contributed by atoms with Gasteiger partial charge in [0.15, 0.2) is 11.6 Å². The van der Waals surface area contributed by atoms with Crippen molar-refractivity contribution in [2.45, 2.75) is 12.5 Å². The Morgan fingerprint density at radius 1 is 1.14 bits per heavy atom. The molecular formula is C16H14F2N2S. The molecule has 0 spiro atoms. The number of fused-ring (bicyclic) bond motifs is 1. The van der Waals surface area contributed by atoms with E-state index in [-0.39, 0.29) is 6.04 Å². The normalized spacial score (nSPS) is 12.7. The minimum absolute atomic E-state index is 0.0211. The van der Waals surface area contributed by atoms with Crippen molar-refractivity contribution in [3.05, 3.63) is 64.7 Å². The number of halogens is 2. The average Bonchev–Trinajstić information content (AvgIpc) is 2.92. The maximum atomic E-state index is 13.3. The van der Waals surface area contributed by atoms with E-state index in [4.69, 9.17) is 0 Å². The summed E-state index contributed by atoms with van der Waals surface area (Å²) in [5.41, 5.74) is 1.70. The fourth-order valence-electron chi connectivity index (χ4n) is 2.25. The lowest BCUT2D eigenvalue weighted by Gasteiger charge is -2.13. The SMILES string of the molecule is CNC(Cc1ccc(F)c(F)c1)c1nc2ccccc2s1. The highest BCUT2D eigenvalue weighted by atomic mass is 32.1. The van der Waals surface area contributed by atoms with Crippen LogP contribution in [-0.4, -0.2) is 12.0 Å². The van der Waals surface area contributed by atoms with Gasteiger partial charge in [0.2, 0.25) is 0 Å². The van der Waals surface area contributed by atoms with Crippen LogP contribution in [-0.2, 0) is 6.42 Å². The molecule has 1 atom stereocenters. The summed E-state index contributed by atoms with van der Waals surface area (Å²) in [5.74, 6) is -1.63. The fourth-order valence-corrected chi connectivity index (χ4v) is 3.33. The smallest absolute Gasteiger partial charge is 0.159 e. The van der Waals surface area contributed by atoms with Gasteiger partial charge >= 0.3 is 0 Å². The zero-order valence-electron chi connectivity index (χ0n) is 11.4. The summed E-state index contributed by atoms with van der Waals surface area (Å²) >= 11 is 1.62. The number of hydrogen-bond donors (Lipinski definition) is 1. The Hall–Kier alpha value is -1.85. The van der Waals surface area contributed by atoms with Gasteiger partial charge in [0.1, 0.15) is 5.01 Å². The van der Waals surface area contributed by atoms with E-state index in [0.29, 0.717) is 6.42 Å². The predicted molar refractivity (Wildman–Crippen MR) is 81.5 cm³/mol. The molecule has 2 nitrogen and oxygen atoms in total. The molecule has 0 saturated carbocycles. The summed E-state index contributed by atoms with van der Waals surface area (Å²) in [6.45, 7) is 0. The lowest BCUT2D eigenvalue weighted by Crippen LogP contribution is -2.18. The number of hydrogen-bond acceptors (Lipinski definition) is 3. The second kappa shape index (κ2) is 5.87. The fraction of sp³-hybridized carbons (Fsp3) is 0.188. The molecule has 1 N–H and O–H groups in total. The van der Waals surface area contributed by atoms with E-state index in [1.165, 1.54) is 6.07 Å². The summed E-state index contributed by atoms with van der Waals surface area (Å²) in [7, 11) is 1.84. The average molecular weight is 304 g/mol. The highest BCUT2D eigenvalue weighted by Gasteiger charge is 2.16. The van der Waals surface area contributed by atoms with Gasteiger partial charge in [-0.2, -0.15) is 0 Å². The molecule has 3 aromatic rings. The molecule has 0 aliphatic rings. The highest BCUT2D eigenvalue weighted by Crippen LogP contribution is 2.28. The zero-order chi connectivity index (χ0) is 14.8. The molecule has 1 heterocycles. The van der Waals surface area contributed by atoms with Crippen molar-refractivity contribution in [3.8, 4) is 0 Å². The molecule has 0 aliphatic heterocycles. The van der Waals surface area contributed by atoms with Gasteiger partial charge in [-0.05, 0) is 43.3 Å². The van der Waals surface area contributed by atoms with Gasteiger partial charge in [-0.15, -0.1) is 11.3 Å². The van der Waals surface area contributed by atoms with Crippen LogP contribution in [0.15, 0.2) is 42.5 Å². The highest BCUT2D eigenvalue weighted by molar-refractivity contribution is 7.18. The Morgan fingerprint density at radius 2 is 1.95 bits per heavy atom. The van der Waals surface area contributed by atoms with Crippen molar-refractivity contribution < 1.29 is 8.78 Å². The molecule has 3 rings (SSSR count). The largest absolute Gasteiger partial charge is 0.311 e. The monoisotopic (exact) mass is 304 g/mol. The van der Waals surface area contributed by atoms with Crippen LogP contribution in [0.1, 0.15) is 16.6 Å². The van der Waals surface area contributed by atoms with E-state index in [0.717, 1.165) is 26.9 Å². The van der Waals surface area contributed by atoms with Gasteiger partial charge in [-0.1, -0.05) is 18.2 Å². The van der Waals surface area contributed by atoms with Crippen LogP contribution in [0, 0.1) is 11.6 Å². The van der Waals surface area contributed by atoms with Crippen LogP contribution in [0.3, 0.4) is 0 Å². The minimum atomic E-state index is -0.820. The second-order valence-corrected chi connectivity index (χ2v) is 5.88. The van der Waals surface area contributed by atoms with Crippen molar-refractivity contribution in [1.82, 2.24) is 10.3 Å². The zero-order valence-corrected chi connectivity index (χ0v) is 12.3. The van der Waals surface area contributed by atoms with Crippen molar-refractivity contribution >= 4 is 21.6 Å². The maximum Gasteiger partial charge on any atom is 0.159 e. The van der Waals surface area contributed by atoms with Crippen LogP contribution in [0.5, 0.6) is 0 Å². The molecule has 0 radical (unpaired) electrons. The Bertz CT molecular complexity index is 737. The number of nitrogens with one attached hydrogen (secondary N) is 1. The quantitative estimate of drug-likeness (QED) is 0.785. The number of benzene rings is 2. The van der Waals surface area contributed by atoms with Gasteiger partial charge in [-0.25, -0.2) is 13.8 Å². The van der Waals surface area contributed by atoms with Crippen LogP contribution >= 0.6 is 11.3 Å². The number of para-hydroxylation sites is 1. The standard InChI is InChI=1S/C16H14F2N2S/c1-19-14(9-10-6-7-11(17)12(18)8-10)16-20-13-4-2-3-5-15(13)21-16/h2-8,14,19H,9H2,1H3. The topological polar surface area (TPSA) is 24.9 Å². The van der Waals surface area contributed by atoms with Crippen molar-refractivity contribution in [1.29, 1.82) is 0 Å².